The fourth-order valence-corrected chi connectivity index (χ4v) is 3.43. The Kier molecular flexibility index (Phi) is 4.71. The molecule has 1 fully saturated rings. The number of carbonyl (C=O) groups excluding carboxylic acids is 1. The van der Waals surface area contributed by atoms with Gasteiger partial charge in [0, 0.05) is 18.2 Å². The molecule has 1 aliphatic rings. The molecule has 0 atom stereocenters. The molecule has 0 radical (unpaired) electrons. The van der Waals surface area contributed by atoms with Crippen molar-refractivity contribution in [2.24, 2.45) is 0 Å². The molecule has 1 N–H and O–H groups in total. The molecule has 0 unspecified atom stereocenters. The molecule has 0 saturated heterocycles. The summed E-state index contributed by atoms with van der Waals surface area (Å²) in [6.45, 7) is 6.99. The first kappa shape index (κ1) is 16.1. The summed E-state index contributed by atoms with van der Waals surface area (Å²) in [6.07, 6.45) is 2.41. The maximum atomic E-state index is 12.2. The Balaban J connectivity index is 1.60. The molecule has 1 aliphatic carbocycles. The van der Waals surface area contributed by atoms with E-state index in [2.05, 4.69) is 33.1 Å². The normalized spacial score (nSPS) is 14.0. The van der Waals surface area contributed by atoms with Gasteiger partial charge in [0.2, 0.25) is 5.91 Å². The summed E-state index contributed by atoms with van der Waals surface area (Å²) in [5.41, 5.74) is 3.14. The fraction of sp³-hybridized carbons (Fsp3) is 0.471. The Morgan fingerprint density at radius 1 is 1.35 bits per heavy atom. The van der Waals surface area contributed by atoms with Crippen molar-refractivity contribution in [1.29, 1.82) is 0 Å². The summed E-state index contributed by atoms with van der Waals surface area (Å²) in [6, 6.07) is 6.02. The van der Waals surface area contributed by atoms with Gasteiger partial charge in [-0.1, -0.05) is 29.5 Å². The van der Waals surface area contributed by atoms with Crippen molar-refractivity contribution in [2.75, 3.05) is 11.1 Å². The van der Waals surface area contributed by atoms with E-state index in [0.29, 0.717) is 11.7 Å². The van der Waals surface area contributed by atoms with E-state index >= 15 is 0 Å². The van der Waals surface area contributed by atoms with Crippen LogP contribution in [0.4, 0.5) is 5.69 Å². The largest absolute Gasteiger partial charge is 0.325 e. The minimum absolute atomic E-state index is 0.0134. The van der Waals surface area contributed by atoms with Gasteiger partial charge in [0.15, 0.2) is 5.16 Å². The molecule has 0 bridgehead atoms. The number of aromatic nitrogens is 3. The van der Waals surface area contributed by atoms with Crippen molar-refractivity contribution in [1.82, 2.24) is 14.8 Å². The number of carbonyl (C=O) groups is 1. The zero-order valence-electron chi connectivity index (χ0n) is 13.8. The second-order valence-electron chi connectivity index (χ2n) is 6.01. The maximum Gasteiger partial charge on any atom is 0.234 e. The van der Waals surface area contributed by atoms with Crippen molar-refractivity contribution in [3.63, 3.8) is 0 Å². The number of nitrogens with zero attached hydrogens (tertiary/aromatic N) is 3. The molecule has 0 spiro atoms. The van der Waals surface area contributed by atoms with Gasteiger partial charge in [-0.2, -0.15) is 0 Å². The summed E-state index contributed by atoms with van der Waals surface area (Å²) in [4.78, 5) is 12.2. The van der Waals surface area contributed by atoms with Crippen LogP contribution in [0.5, 0.6) is 0 Å². The van der Waals surface area contributed by atoms with Crippen LogP contribution in [0.25, 0.3) is 0 Å². The van der Waals surface area contributed by atoms with Gasteiger partial charge < -0.3 is 9.88 Å². The number of aryl methyl sites for hydroxylation is 2. The molecule has 1 saturated carbocycles. The lowest BCUT2D eigenvalue weighted by molar-refractivity contribution is -0.113. The third-order valence-electron chi connectivity index (χ3n) is 3.99. The molecule has 1 heterocycles. The highest BCUT2D eigenvalue weighted by molar-refractivity contribution is 7.99. The predicted molar refractivity (Wildman–Crippen MR) is 92.9 cm³/mol. The van der Waals surface area contributed by atoms with E-state index in [1.54, 1.807) is 0 Å². The molecule has 1 amide bonds. The van der Waals surface area contributed by atoms with Gasteiger partial charge in [-0.15, -0.1) is 10.2 Å². The first-order valence-electron chi connectivity index (χ1n) is 8.01. The third-order valence-corrected chi connectivity index (χ3v) is 4.96. The number of benzene rings is 1. The topological polar surface area (TPSA) is 59.8 Å². The molecule has 23 heavy (non-hydrogen) atoms. The maximum absolute atomic E-state index is 12.2. The Morgan fingerprint density at radius 2 is 2.13 bits per heavy atom. The first-order valence-corrected chi connectivity index (χ1v) is 9.00. The van der Waals surface area contributed by atoms with Gasteiger partial charge in [0.1, 0.15) is 5.82 Å². The summed E-state index contributed by atoms with van der Waals surface area (Å²) >= 11 is 1.45. The first-order chi connectivity index (χ1) is 11.1. The van der Waals surface area contributed by atoms with Gasteiger partial charge in [-0.3, -0.25) is 4.79 Å². The molecular weight excluding hydrogens is 308 g/mol. The minimum Gasteiger partial charge on any atom is -0.325 e. The summed E-state index contributed by atoms with van der Waals surface area (Å²) in [5.74, 6) is 1.97. The lowest BCUT2D eigenvalue weighted by Crippen LogP contribution is -2.15. The average molecular weight is 330 g/mol. The zero-order valence-corrected chi connectivity index (χ0v) is 14.6. The number of hydrogen-bond donors (Lipinski definition) is 1. The summed E-state index contributed by atoms with van der Waals surface area (Å²) in [5, 5.41) is 12.4. The zero-order chi connectivity index (χ0) is 16.4. The van der Waals surface area contributed by atoms with Crippen molar-refractivity contribution >= 4 is 23.4 Å². The standard InChI is InChI=1S/C17H22N4OS/c1-4-21-16(13-6-7-13)19-20-17(21)23-10-15(22)18-14-8-5-11(2)9-12(14)3/h5,8-9,13H,4,6-7,10H2,1-3H3,(H,18,22). The number of anilines is 1. The van der Waals surface area contributed by atoms with E-state index in [4.69, 9.17) is 0 Å². The molecule has 0 aliphatic heterocycles. The van der Waals surface area contributed by atoms with E-state index < -0.39 is 0 Å². The number of rotatable bonds is 6. The van der Waals surface area contributed by atoms with Crippen LogP contribution in [-0.4, -0.2) is 26.4 Å². The van der Waals surface area contributed by atoms with Gasteiger partial charge in [-0.25, -0.2) is 0 Å². The summed E-state index contributed by atoms with van der Waals surface area (Å²) in [7, 11) is 0. The average Bonchev–Trinajstić information content (AvgIpc) is 3.28. The molecule has 5 nitrogen and oxygen atoms in total. The van der Waals surface area contributed by atoms with Crippen LogP contribution in [0, 0.1) is 13.8 Å². The third kappa shape index (κ3) is 3.75. The number of nitrogens with one attached hydrogen (secondary N) is 1. The van der Waals surface area contributed by atoms with Crippen LogP contribution in [-0.2, 0) is 11.3 Å². The number of hydrogen-bond acceptors (Lipinski definition) is 4. The van der Waals surface area contributed by atoms with Crippen LogP contribution in [0.15, 0.2) is 23.4 Å². The van der Waals surface area contributed by atoms with E-state index in [1.807, 2.05) is 26.0 Å². The van der Waals surface area contributed by atoms with Crippen LogP contribution >= 0.6 is 11.8 Å². The molecule has 3 rings (SSSR count). The monoisotopic (exact) mass is 330 g/mol. The van der Waals surface area contributed by atoms with Gasteiger partial charge in [0.05, 0.1) is 5.75 Å². The quantitative estimate of drug-likeness (QED) is 0.823. The van der Waals surface area contributed by atoms with Crippen molar-refractivity contribution < 1.29 is 4.79 Å². The molecule has 2 aromatic rings. The lowest BCUT2D eigenvalue weighted by Gasteiger charge is -2.09. The number of amides is 1. The molecular formula is C17H22N4OS. The van der Waals surface area contributed by atoms with E-state index in [9.17, 15) is 4.79 Å². The van der Waals surface area contributed by atoms with Crippen molar-refractivity contribution in [3.8, 4) is 0 Å². The smallest absolute Gasteiger partial charge is 0.234 e. The van der Waals surface area contributed by atoms with Gasteiger partial charge >= 0.3 is 0 Å². The van der Waals surface area contributed by atoms with E-state index in [1.165, 1.54) is 30.2 Å². The lowest BCUT2D eigenvalue weighted by atomic mass is 10.1. The molecule has 6 heteroatoms. The van der Waals surface area contributed by atoms with Crippen LogP contribution in [0.3, 0.4) is 0 Å². The Morgan fingerprint density at radius 3 is 2.78 bits per heavy atom. The van der Waals surface area contributed by atoms with Crippen LogP contribution < -0.4 is 5.32 Å². The Labute approximate surface area is 140 Å². The fourth-order valence-electron chi connectivity index (χ4n) is 2.62. The summed E-state index contributed by atoms with van der Waals surface area (Å²) < 4.78 is 2.13. The molecule has 122 valence electrons. The Bertz CT molecular complexity index is 721. The minimum atomic E-state index is -0.0134. The van der Waals surface area contributed by atoms with E-state index in [0.717, 1.165) is 28.8 Å². The van der Waals surface area contributed by atoms with Gasteiger partial charge in [0.25, 0.3) is 0 Å². The van der Waals surface area contributed by atoms with Crippen LogP contribution in [0.1, 0.15) is 42.6 Å². The Hall–Kier alpha value is -1.82. The van der Waals surface area contributed by atoms with Crippen LogP contribution in [0.2, 0.25) is 0 Å². The molecule has 1 aromatic heterocycles. The highest BCUT2D eigenvalue weighted by Gasteiger charge is 2.30. The second kappa shape index (κ2) is 6.74. The van der Waals surface area contributed by atoms with Gasteiger partial charge in [-0.05, 0) is 45.2 Å². The highest BCUT2D eigenvalue weighted by Crippen LogP contribution is 2.39. The van der Waals surface area contributed by atoms with E-state index in [-0.39, 0.29) is 5.91 Å². The predicted octanol–water partition coefficient (Wildman–Crippen LogP) is 3.52. The SMILES string of the molecule is CCn1c(SCC(=O)Nc2ccc(C)cc2C)nnc1C1CC1. The van der Waals surface area contributed by atoms with Crippen molar-refractivity contribution in [2.45, 2.75) is 51.2 Å². The number of thioether (sulfide) groups is 1. The van der Waals surface area contributed by atoms with Crippen molar-refractivity contribution in [3.05, 3.63) is 35.2 Å². The highest BCUT2D eigenvalue weighted by atomic mass is 32.2. The second-order valence-corrected chi connectivity index (χ2v) is 6.96. The molecule has 1 aromatic carbocycles.